The van der Waals surface area contributed by atoms with Gasteiger partial charge in [-0.2, -0.15) is 0 Å². The number of aryl methyl sites for hydroxylation is 1. The highest BCUT2D eigenvalue weighted by Crippen LogP contribution is 2.36. The van der Waals surface area contributed by atoms with Crippen LogP contribution in [0.5, 0.6) is 11.5 Å². The number of rotatable bonds is 6. The van der Waals surface area contributed by atoms with Crippen LogP contribution in [0, 0.1) is 6.92 Å². The number of halogens is 3. The largest absolute Gasteiger partial charge is 0.573 e. The van der Waals surface area contributed by atoms with Crippen LogP contribution >= 0.6 is 0 Å². The Bertz CT molecular complexity index is 1270. The van der Waals surface area contributed by atoms with Crippen LogP contribution in [0.4, 0.5) is 24.5 Å². The van der Waals surface area contributed by atoms with Crippen molar-refractivity contribution in [2.24, 2.45) is 0 Å². The smallest absolute Gasteiger partial charge is 0.495 e. The molecule has 0 bridgehead atoms. The summed E-state index contributed by atoms with van der Waals surface area (Å²) in [6.45, 7) is 1.87. The standard InChI is InChI=1S/C25H19F3N2O4/c1-15-8-13-20(33-2)19(14-15)29-22-21(16-6-4-3-5-7-16)23(31)30(24(22)32)17-9-11-18(12-10-17)34-25(26,27)28/h3-14,29H,1-2H3. The topological polar surface area (TPSA) is 67.9 Å². The van der Waals surface area contributed by atoms with Crippen molar-refractivity contribution in [3.05, 3.63) is 89.6 Å². The van der Waals surface area contributed by atoms with Crippen molar-refractivity contribution in [2.45, 2.75) is 13.3 Å². The molecule has 0 aliphatic carbocycles. The highest BCUT2D eigenvalue weighted by Gasteiger charge is 2.40. The Labute approximate surface area is 193 Å². The minimum atomic E-state index is -4.85. The molecule has 2 amide bonds. The van der Waals surface area contributed by atoms with Gasteiger partial charge in [0, 0.05) is 0 Å². The summed E-state index contributed by atoms with van der Waals surface area (Å²) in [5, 5.41) is 3.04. The fourth-order valence-corrected chi connectivity index (χ4v) is 3.60. The Morgan fingerprint density at radius 1 is 0.882 bits per heavy atom. The van der Waals surface area contributed by atoms with Gasteiger partial charge in [-0.1, -0.05) is 36.4 Å². The predicted octanol–water partition coefficient (Wildman–Crippen LogP) is 5.30. The molecule has 0 aromatic heterocycles. The molecule has 0 unspecified atom stereocenters. The average Bonchev–Trinajstić information content (AvgIpc) is 3.03. The zero-order valence-corrected chi connectivity index (χ0v) is 18.1. The van der Waals surface area contributed by atoms with E-state index in [1.54, 1.807) is 42.5 Å². The van der Waals surface area contributed by atoms with Gasteiger partial charge in [0.25, 0.3) is 11.8 Å². The maximum atomic E-state index is 13.4. The second-order valence-corrected chi connectivity index (χ2v) is 7.43. The molecule has 9 heteroatoms. The molecule has 34 heavy (non-hydrogen) atoms. The van der Waals surface area contributed by atoms with Gasteiger partial charge in [-0.25, -0.2) is 4.90 Å². The second kappa shape index (κ2) is 8.93. The molecule has 0 saturated carbocycles. The van der Waals surface area contributed by atoms with Gasteiger partial charge in [0.2, 0.25) is 0 Å². The summed E-state index contributed by atoms with van der Waals surface area (Å²) in [6, 6.07) is 18.5. The molecule has 0 atom stereocenters. The molecule has 0 saturated heterocycles. The lowest BCUT2D eigenvalue weighted by molar-refractivity contribution is -0.274. The Kier molecular flexibility index (Phi) is 6.02. The van der Waals surface area contributed by atoms with Crippen molar-refractivity contribution in [1.29, 1.82) is 0 Å². The molecule has 0 fully saturated rings. The Hall–Kier alpha value is -4.27. The van der Waals surface area contributed by atoms with Crippen LogP contribution in [-0.2, 0) is 9.59 Å². The van der Waals surface area contributed by atoms with Crippen LogP contribution in [-0.4, -0.2) is 25.3 Å². The van der Waals surface area contributed by atoms with E-state index in [1.165, 1.54) is 19.2 Å². The van der Waals surface area contributed by atoms with Gasteiger partial charge in [0.15, 0.2) is 0 Å². The molecule has 3 aromatic rings. The minimum absolute atomic E-state index is 0.0238. The van der Waals surface area contributed by atoms with E-state index in [-0.39, 0.29) is 17.0 Å². The fraction of sp³-hybridized carbons (Fsp3) is 0.120. The third-order valence-electron chi connectivity index (χ3n) is 5.09. The first-order valence-corrected chi connectivity index (χ1v) is 10.1. The monoisotopic (exact) mass is 468 g/mol. The number of nitrogens with one attached hydrogen (secondary N) is 1. The summed E-state index contributed by atoms with van der Waals surface area (Å²) in [7, 11) is 1.49. The van der Waals surface area contributed by atoms with Crippen molar-refractivity contribution in [2.75, 3.05) is 17.3 Å². The second-order valence-electron chi connectivity index (χ2n) is 7.43. The number of anilines is 2. The van der Waals surface area contributed by atoms with Crippen molar-refractivity contribution in [3.63, 3.8) is 0 Å². The van der Waals surface area contributed by atoms with Crippen LogP contribution in [0.15, 0.2) is 78.5 Å². The summed E-state index contributed by atoms with van der Waals surface area (Å²) < 4.78 is 46.7. The van der Waals surface area contributed by atoms with Crippen LogP contribution < -0.4 is 19.7 Å². The normalized spacial score (nSPS) is 14.0. The summed E-state index contributed by atoms with van der Waals surface area (Å²) in [5.74, 6) is -1.26. The number of benzene rings is 3. The van der Waals surface area contributed by atoms with Gasteiger partial charge in [-0.15, -0.1) is 13.2 Å². The molecule has 0 spiro atoms. The zero-order valence-electron chi connectivity index (χ0n) is 18.1. The van der Waals surface area contributed by atoms with Gasteiger partial charge in [-0.3, -0.25) is 9.59 Å². The van der Waals surface area contributed by atoms with Crippen molar-refractivity contribution < 1.29 is 32.2 Å². The van der Waals surface area contributed by atoms with Gasteiger partial charge in [0.1, 0.15) is 17.2 Å². The molecule has 6 nitrogen and oxygen atoms in total. The molecule has 1 heterocycles. The third kappa shape index (κ3) is 4.59. The quantitative estimate of drug-likeness (QED) is 0.498. The number of amides is 2. The first-order valence-electron chi connectivity index (χ1n) is 10.1. The van der Waals surface area contributed by atoms with E-state index in [0.29, 0.717) is 17.0 Å². The molecule has 4 rings (SSSR count). The van der Waals surface area contributed by atoms with Crippen molar-refractivity contribution in [3.8, 4) is 11.5 Å². The predicted molar refractivity (Wildman–Crippen MR) is 120 cm³/mol. The van der Waals surface area contributed by atoms with Crippen LogP contribution in [0.1, 0.15) is 11.1 Å². The van der Waals surface area contributed by atoms with E-state index in [2.05, 4.69) is 10.1 Å². The van der Waals surface area contributed by atoms with E-state index in [0.717, 1.165) is 22.6 Å². The average molecular weight is 468 g/mol. The molecule has 1 aliphatic heterocycles. The first-order chi connectivity index (χ1) is 16.2. The maximum Gasteiger partial charge on any atom is 0.573 e. The first kappa shape index (κ1) is 22.9. The summed E-state index contributed by atoms with van der Waals surface area (Å²) in [4.78, 5) is 27.8. The Morgan fingerprint density at radius 2 is 1.56 bits per heavy atom. The van der Waals surface area contributed by atoms with Crippen LogP contribution in [0.25, 0.3) is 5.57 Å². The molecule has 1 aliphatic rings. The number of imide groups is 1. The number of hydrogen-bond donors (Lipinski definition) is 1. The summed E-state index contributed by atoms with van der Waals surface area (Å²) in [6.07, 6.45) is -4.85. The zero-order chi connectivity index (χ0) is 24.5. The van der Waals surface area contributed by atoms with Crippen LogP contribution in [0.3, 0.4) is 0 Å². The highest BCUT2D eigenvalue weighted by molar-refractivity contribution is 6.46. The molecular formula is C25H19F3N2O4. The highest BCUT2D eigenvalue weighted by atomic mass is 19.4. The van der Waals surface area contributed by atoms with Gasteiger partial charge >= 0.3 is 6.36 Å². The molecule has 174 valence electrons. The maximum absolute atomic E-state index is 13.4. The number of methoxy groups -OCH3 is 1. The van der Waals surface area contributed by atoms with Crippen molar-refractivity contribution in [1.82, 2.24) is 0 Å². The summed E-state index contributed by atoms with van der Waals surface area (Å²) >= 11 is 0. The minimum Gasteiger partial charge on any atom is -0.495 e. The lowest BCUT2D eigenvalue weighted by Gasteiger charge is -2.17. The van der Waals surface area contributed by atoms with Gasteiger partial charge in [0.05, 0.1) is 24.1 Å². The third-order valence-corrected chi connectivity index (χ3v) is 5.09. The SMILES string of the molecule is COc1ccc(C)cc1NC1=C(c2ccccc2)C(=O)N(c2ccc(OC(F)(F)F)cc2)C1=O. The van der Waals surface area contributed by atoms with Crippen molar-refractivity contribution >= 4 is 28.8 Å². The van der Waals surface area contributed by atoms with E-state index in [1.807, 2.05) is 13.0 Å². The van der Waals surface area contributed by atoms with Gasteiger partial charge < -0.3 is 14.8 Å². The lowest BCUT2D eigenvalue weighted by Crippen LogP contribution is -2.32. The number of carbonyl (C=O) groups excluding carboxylic acids is 2. The van der Waals surface area contributed by atoms with E-state index < -0.39 is 23.9 Å². The number of carbonyl (C=O) groups is 2. The lowest BCUT2D eigenvalue weighted by atomic mass is 10.0. The molecule has 0 radical (unpaired) electrons. The van der Waals surface area contributed by atoms with Crippen LogP contribution in [0.2, 0.25) is 0 Å². The molecule has 3 aromatic carbocycles. The Morgan fingerprint density at radius 3 is 2.18 bits per heavy atom. The molecular weight excluding hydrogens is 449 g/mol. The van der Waals surface area contributed by atoms with E-state index >= 15 is 0 Å². The number of alkyl halides is 3. The number of nitrogens with zero attached hydrogens (tertiary/aromatic N) is 1. The fourth-order valence-electron chi connectivity index (χ4n) is 3.60. The summed E-state index contributed by atoms with van der Waals surface area (Å²) in [5.41, 5.74) is 2.16. The van der Waals surface area contributed by atoms with E-state index in [4.69, 9.17) is 4.74 Å². The molecule has 1 N–H and O–H groups in total. The number of hydrogen-bond acceptors (Lipinski definition) is 5. The number of ether oxygens (including phenoxy) is 2. The van der Waals surface area contributed by atoms with E-state index in [9.17, 15) is 22.8 Å². The Balaban J connectivity index is 1.75. The van der Waals surface area contributed by atoms with Gasteiger partial charge in [-0.05, 0) is 54.4 Å².